The maximum Gasteiger partial charge on any atom is 0.311 e. The number of halogens is 2. The Hall–Kier alpha value is -5.20. The van der Waals surface area contributed by atoms with Crippen LogP contribution >= 0.6 is 11.6 Å². The Kier molecular flexibility index (Phi) is 7.94. The minimum atomic E-state index is -0.531. The summed E-state index contributed by atoms with van der Waals surface area (Å²) in [5, 5.41) is 23.0. The van der Waals surface area contributed by atoms with Gasteiger partial charge in [0.25, 0.3) is 0 Å². The maximum atomic E-state index is 13.4. The van der Waals surface area contributed by atoms with Crippen molar-refractivity contribution in [1.82, 2.24) is 4.98 Å². The zero-order valence-electron chi connectivity index (χ0n) is 21.8. The molecule has 0 saturated carbocycles. The topological polar surface area (TPSA) is 102 Å². The fourth-order valence-corrected chi connectivity index (χ4v) is 4.63. The van der Waals surface area contributed by atoms with Crippen LogP contribution in [0.3, 0.4) is 0 Å². The van der Waals surface area contributed by atoms with Gasteiger partial charge in [-0.05, 0) is 55.0 Å². The highest BCUT2D eigenvalue weighted by atomic mass is 35.5. The number of anilines is 3. The molecule has 0 fully saturated rings. The summed E-state index contributed by atoms with van der Waals surface area (Å²) in [5.74, 6) is 0.174. The number of nitrogens with zero attached hydrogens (tertiary/aromatic N) is 4. The van der Waals surface area contributed by atoms with Gasteiger partial charge in [-0.2, -0.15) is 5.26 Å². The zero-order chi connectivity index (χ0) is 28.9. The highest BCUT2D eigenvalue weighted by Gasteiger charge is 2.26. The van der Waals surface area contributed by atoms with Crippen molar-refractivity contribution in [2.45, 2.75) is 13.5 Å². The maximum absolute atomic E-state index is 13.4. The van der Waals surface area contributed by atoms with E-state index in [1.807, 2.05) is 6.07 Å². The third kappa shape index (κ3) is 5.73. The average molecular weight is 569 g/mol. The number of rotatable bonds is 9. The van der Waals surface area contributed by atoms with Crippen LogP contribution in [0.4, 0.5) is 27.1 Å². The first-order chi connectivity index (χ1) is 19.9. The smallest absolute Gasteiger partial charge is 0.311 e. The second-order valence-corrected chi connectivity index (χ2v) is 9.29. The Bertz CT molecular complexity index is 1790. The van der Waals surface area contributed by atoms with Gasteiger partial charge in [-0.15, -0.1) is 0 Å². The van der Waals surface area contributed by atoms with Gasteiger partial charge >= 0.3 is 5.69 Å². The number of nitro groups is 1. The van der Waals surface area contributed by atoms with E-state index in [1.54, 1.807) is 66.4 Å². The van der Waals surface area contributed by atoms with E-state index in [0.29, 0.717) is 38.7 Å². The molecule has 0 aliphatic rings. The van der Waals surface area contributed by atoms with Gasteiger partial charge in [0.15, 0.2) is 5.75 Å². The molecule has 1 heterocycles. The molecule has 0 atom stereocenters. The van der Waals surface area contributed by atoms with Crippen LogP contribution in [0, 0.1) is 27.3 Å². The number of nitro benzene ring substituents is 1. The van der Waals surface area contributed by atoms with Crippen molar-refractivity contribution >= 4 is 45.3 Å². The lowest BCUT2D eigenvalue weighted by Gasteiger charge is -2.29. The number of nitriles is 1. The van der Waals surface area contributed by atoms with Gasteiger partial charge in [-0.1, -0.05) is 41.9 Å². The van der Waals surface area contributed by atoms with E-state index >= 15 is 0 Å². The largest absolute Gasteiger partial charge is 0.487 e. The van der Waals surface area contributed by atoms with Crippen LogP contribution in [0.15, 0.2) is 91.1 Å². The third-order valence-electron chi connectivity index (χ3n) is 6.24. The van der Waals surface area contributed by atoms with Crippen molar-refractivity contribution < 1.29 is 18.8 Å². The van der Waals surface area contributed by atoms with Crippen molar-refractivity contribution in [2.75, 3.05) is 11.5 Å². The molecule has 0 radical (unpaired) electrons. The quantitative estimate of drug-likeness (QED) is 0.130. The van der Waals surface area contributed by atoms with Crippen molar-refractivity contribution in [1.29, 1.82) is 5.26 Å². The van der Waals surface area contributed by atoms with Crippen LogP contribution in [-0.4, -0.2) is 16.5 Å². The highest BCUT2D eigenvalue weighted by molar-refractivity contribution is 6.31. The van der Waals surface area contributed by atoms with Crippen LogP contribution in [0.1, 0.15) is 18.1 Å². The van der Waals surface area contributed by atoms with E-state index in [9.17, 15) is 19.8 Å². The molecule has 10 heteroatoms. The molecule has 5 rings (SSSR count). The van der Waals surface area contributed by atoms with Gasteiger partial charge in [0, 0.05) is 34.4 Å². The molecule has 0 N–H and O–H groups in total. The van der Waals surface area contributed by atoms with E-state index in [-0.39, 0.29) is 36.0 Å². The summed E-state index contributed by atoms with van der Waals surface area (Å²) in [6.45, 7) is 2.10. The summed E-state index contributed by atoms with van der Waals surface area (Å²) in [5.41, 5.74) is 2.53. The number of hydrogen-bond donors (Lipinski definition) is 0. The normalized spacial score (nSPS) is 10.7. The first kappa shape index (κ1) is 27.4. The predicted molar refractivity (Wildman–Crippen MR) is 155 cm³/mol. The van der Waals surface area contributed by atoms with Crippen molar-refractivity contribution in [3.8, 4) is 17.6 Å². The summed E-state index contributed by atoms with van der Waals surface area (Å²) in [4.78, 5) is 17.7. The number of hydrogen-bond acceptors (Lipinski definition) is 7. The molecule has 0 saturated heterocycles. The molecular weight excluding hydrogens is 547 g/mol. The number of fused-ring (bicyclic) bond motifs is 1. The molecule has 0 spiro atoms. The van der Waals surface area contributed by atoms with Gasteiger partial charge in [-0.25, -0.2) is 4.39 Å². The van der Waals surface area contributed by atoms with E-state index in [1.165, 1.54) is 30.5 Å². The molecule has 1 aromatic heterocycles. The molecule has 0 aliphatic carbocycles. The van der Waals surface area contributed by atoms with Crippen LogP contribution in [0.25, 0.3) is 10.9 Å². The highest BCUT2D eigenvalue weighted by Crippen LogP contribution is 2.46. The molecule has 5 aromatic rings. The summed E-state index contributed by atoms with van der Waals surface area (Å²) in [7, 11) is 0. The molecule has 0 aliphatic heterocycles. The lowest BCUT2D eigenvalue weighted by Crippen LogP contribution is -2.14. The SMILES string of the molecule is CCOc1cc2ncc(C#N)c(N(c3cccc(Cl)c3)c3ccccc3OCc3ccc(F)cc3)c2cc1[N+](=O)[O-]. The third-order valence-corrected chi connectivity index (χ3v) is 6.48. The molecule has 204 valence electrons. The Balaban J connectivity index is 1.76. The summed E-state index contributed by atoms with van der Waals surface area (Å²) >= 11 is 6.40. The molecule has 0 bridgehead atoms. The van der Waals surface area contributed by atoms with Crippen LogP contribution in [0.2, 0.25) is 5.02 Å². The van der Waals surface area contributed by atoms with E-state index in [4.69, 9.17) is 21.1 Å². The minimum Gasteiger partial charge on any atom is -0.487 e. The standard InChI is InChI=1S/C31H22ClFN4O4/c1-2-40-30-16-26-25(15-28(30)37(38)39)31(21(17-34)18-35-26)36(24-7-5-6-22(32)14-24)27-8-3-4-9-29(27)41-19-20-10-12-23(33)13-11-20/h3-16,18H,2,19H2,1H3. The number of aromatic nitrogens is 1. The van der Waals surface area contributed by atoms with Crippen LogP contribution in [-0.2, 0) is 6.61 Å². The fourth-order valence-electron chi connectivity index (χ4n) is 4.44. The second-order valence-electron chi connectivity index (χ2n) is 8.86. The number of pyridine rings is 1. The Morgan fingerprint density at radius 3 is 2.51 bits per heavy atom. The summed E-state index contributed by atoms with van der Waals surface area (Å²) < 4.78 is 25.2. The number of para-hydroxylation sites is 2. The lowest BCUT2D eigenvalue weighted by atomic mass is 10.0. The first-order valence-corrected chi connectivity index (χ1v) is 12.9. The van der Waals surface area contributed by atoms with Gasteiger partial charge in [0.2, 0.25) is 0 Å². The molecule has 41 heavy (non-hydrogen) atoms. The fraction of sp³-hybridized carbons (Fsp3) is 0.0968. The molecular formula is C31H22ClFN4O4. The number of ether oxygens (including phenoxy) is 2. The zero-order valence-corrected chi connectivity index (χ0v) is 22.5. The van der Waals surface area contributed by atoms with Crippen molar-refractivity contribution in [2.24, 2.45) is 0 Å². The van der Waals surface area contributed by atoms with Crippen molar-refractivity contribution in [3.05, 3.63) is 123 Å². The van der Waals surface area contributed by atoms with Gasteiger partial charge in [-0.3, -0.25) is 15.1 Å². The van der Waals surface area contributed by atoms with Gasteiger partial charge < -0.3 is 14.4 Å². The van der Waals surface area contributed by atoms with Gasteiger partial charge in [0.1, 0.15) is 24.2 Å². The Morgan fingerprint density at radius 1 is 1.02 bits per heavy atom. The second kappa shape index (κ2) is 11.9. The summed E-state index contributed by atoms with van der Waals surface area (Å²) in [6, 6.07) is 25.2. The minimum absolute atomic E-state index is 0.0745. The molecule has 0 amide bonds. The summed E-state index contributed by atoms with van der Waals surface area (Å²) in [6.07, 6.45) is 1.42. The lowest BCUT2D eigenvalue weighted by molar-refractivity contribution is -0.385. The molecule has 4 aromatic carbocycles. The van der Waals surface area contributed by atoms with E-state index in [2.05, 4.69) is 11.1 Å². The molecule has 8 nitrogen and oxygen atoms in total. The Labute approximate surface area is 239 Å². The molecule has 0 unspecified atom stereocenters. The monoisotopic (exact) mass is 568 g/mol. The van der Waals surface area contributed by atoms with Crippen molar-refractivity contribution in [3.63, 3.8) is 0 Å². The van der Waals surface area contributed by atoms with E-state index in [0.717, 1.165) is 5.56 Å². The van der Waals surface area contributed by atoms with E-state index < -0.39 is 4.92 Å². The van der Waals surface area contributed by atoms with Crippen LogP contribution in [0.5, 0.6) is 11.5 Å². The predicted octanol–water partition coefficient (Wildman–Crippen LogP) is 8.25. The van der Waals surface area contributed by atoms with Gasteiger partial charge in [0.05, 0.1) is 34.0 Å². The van der Waals surface area contributed by atoms with Crippen LogP contribution < -0.4 is 14.4 Å². The first-order valence-electron chi connectivity index (χ1n) is 12.6. The Morgan fingerprint density at radius 2 is 1.80 bits per heavy atom. The average Bonchev–Trinajstić information content (AvgIpc) is 2.97. The number of benzene rings is 4.